The summed E-state index contributed by atoms with van der Waals surface area (Å²) in [5.41, 5.74) is 2.57. The summed E-state index contributed by atoms with van der Waals surface area (Å²) in [6.45, 7) is 5.31. The van der Waals surface area contributed by atoms with E-state index < -0.39 is 4.92 Å². The third-order valence-electron chi connectivity index (χ3n) is 3.78. The normalized spacial score (nSPS) is 11.1. The van der Waals surface area contributed by atoms with Gasteiger partial charge in [0.1, 0.15) is 17.0 Å². The molecule has 8 heteroatoms. The van der Waals surface area contributed by atoms with E-state index in [2.05, 4.69) is 10.1 Å². The number of aryl methyl sites for hydroxylation is 2. The molecule has 0 aliphatic heterocycles. The summed E-state index contributed by atoms with van der Waals surface area (Å²) < 4.78 is 2.98. The molecule has 0 N–H and O–H groups in total. The molecule has 0 saturated heterocycles. The lowest BCUT2D eigenvalue weighted by atomic mass is 10.3. The fourth-order valence-corrected chi connectivity index (χ4v) is 2.65. The molecule has 3 heterocycles. The maximum atomic E-state index is 12.2. The monoisotopic (exact) mass is 313 g/mol. The zero-order valence-corrected chi connectivity index (χ0v) is 13.0. The second-order valence-electron chi connectivity index (χ2n) is 5.40. The lowest BCUT2D eigenvalue weighted by Gasteiger charge is -2.07. The molecule has 0 radical (unpaired) electrons. The molecule has 0 fully saturated rings. The van der Waals surface area contributed by atoms with E-state index in [0.717, 1.165) is 5.56 Å². The van der Waals surface area contributed by atoms with Crippen LogP contribution in [0.4, 0.5) is 5.69 Å². The number of hydrogen-bond donors (Lipinski definition) is 0. The van der Waals surface area contributed by atoms with E-state index in [1.807, 2.05) is 13.0 Å². The van der Waals surface area contributed by atoms with E-state index in [9.17, 15) is 14.9 Å². The fraction of sp³-hybridized carbons (Fsp3) is 0.267. The predicted molar refractivity (Wildman–Crippen MR) is 83.7 cm³/mol. The molecule has 0 saturated carbocycles. The highest BCUT2D eigenvalue weighted by Crippen LogP contribution is 2.22. The molecule has 3 aromatic rings. The van der Waals surface area contributed by atoms with Crippen LogP contribution in [0.3, 0.4) is 0 Å². The largest absolute Gasteiger partial charge is 0.312 e. The van der Waals surface area contributed by atoms with Gasteiger partial charge in [0.05, 0.1) is 17.2 Å². The first-order valence-corrected chi connectivity index (χ1v) is 7.05. The van der Waals surface area contributed by atoms with E-state index in [4.69, 9.17) is 0 Å². The van der Waals surface area contributed by atoms with E-state index in [1.54, 1.807) is 26.1 Å². The molecular formula is C15H15N5O3. The smallest absolute Gasteiger partial charge is 0.269 e. The van der Waals surface area contributed by atoms with Gasteiger partial charge in [0.15, 0.2) is 0 Å². The highest BCUT2D eigenvalue weighted by atomic mass is 16.6. The van der Waals surface area contributed by atoms with Crippen LogP contribution in [0.25, 0.3) is 5.65 Å². The Balaban J connectivity index is 2.10. The van der Waals surface area contributed by atoms with Gasteiger partial charge in [0, 0.05) is 12.3 Å². The van der Waals surface area contributed by atoms with Crippen molar-refractivity contribution in [2.24, 2.45) is 0 Å². The second kappa shape index (κ2) is 5.31. The summed E-state index contributed by atoms with van der Waals surface area (Å²) >= 11 is 0. The minimum absolute atomic E-state index is 0.00121. The minimum atomic E-state index is -0.443. The maximum Gasteiger partial charge on any atom is 0.312 e. The predicted octanol–water partition coefficient (Wildman–Crippen LogP) is 1.77. The summed E-state index contributed by atoms with van der Waals surface area (Å²) in [7, 11) is 0. The summed E-state index contributed by atoms with van der Waals surface area (Å²) in [4.78, 5) is 27.3. The molecule has 0 amide bonds. The number of fused-ring (bicyclic) bond motifs is 1. The zero-order valence-electron chi connectivity index (χ0n) is 13.0. The van der Waals surface area contributed by atoms with Crippen LogP contribution in [0.15, 0.2) is 29.2 Å². The molecule has 0 aliphatic carbocycles. The summed E-state index contributed by atoms with van der Waals surface area (Å²) in [5.74, 6) is 0. The Kier molecular flexibility index (Phi) is 3.44. The minimum Gasteiger partial charge on any atom is -0.269 e. The molecule has 8 nitrogen and oxygen atoms in total. The molecule has 3 aromatic heterocycles. The maximum absolute atomic E-state index is 12.2. The van der Waals surface area contributed by atoms with Crippen molar-refractivity contribution in [1.29, 1.82) is 0 Å². The van der Waals surface area contributed by atoms with E-state index in [0.29, 0.717) is 22.7 Å². The zero-order chi connectivity index (χ0) is 16.7. The third kappa shape index (κ3) is 2.48. The first kappa shape index (κ1) is 14.9. The third-order valence-corrected chi connectivity index (χ3v) is 3.78. The molecule has 0 spiro atoms. The fourth-order valence-electron chi connectivity index (χ4n) is 2.65. The molecule has 23 heavy (non-hydrogen) atoms. The van der Waals surface area contributed by atoms with Crippen molar-refractivity contribution in [3.05, 3.63) is 67.5 Å². The van der Waals surface area contributed by atoms with Gasteiger partial charge in [-0.2, -0.15) is 5.10 Å². The van der Waals surface area contributed by atoms with Gasteiger partial charge in [0.2, 0.25) is 0 Å². The Morgan fingerprint density at radius 2 is 2.04 bits per heavy atom. The van der Waals surface area contributed by atoms with Crippen molar-refractivity contribution in [3.8, 4) is 0 Å². The summed E-state index contributed by atoms with van der Waals surface area (Å²) in [5, 5.41) is 15.3. The highest BCUT2D eigenvalue weighted by molar-refractivity contribution is 5.47. The number of pyridine rings is 1. The summed E-state index contributed by atoms with van der Waals surface area (Å²) in [6.07, 6.45) is 1.66. The van der Waals surface area contributed by atoms with Crippen LogP contribution in [0, 0.1) is 30.9 Å². The van der Waals surface area contributed by atoms with Crippen LogP contribution in [-0.4, -0.2) is 24.1 Å². The van der Waals surface area contributed by atoms with Crippen LogP contribution in [0.5, 0.6) is 0 Å². The number of rotatable bonds is 3. The van der Waals surface area contributed by atoms with Gasteiger partial charge in [-0.1, -0.05) is 6.07 Å². The van der Waals surface area contributed by atoms with Gasteiger partial charge in [0.25, 0.3) is 5.56 Å². The Bertz CT molecular complexity index is 987. The average molecular weight is 313 g/mol. The van der Waals surface area contributed by atoms with Crippen molar-refractivity contribution in [1.82, 2.24) is 19.2 Å². The highest BCUT2D eigenvalue weighted by Gasteiger charge is 2.22. The second-order valence-corrected chi connectivity index (χ2v) is 5.40. The quantitative estimate of drug-likeness (QED) is 0.542. The van der Waals surface area contributed by atoms with Gasteiger partial charge in [-0.05, 0) is 32.4 Å². The van der Waals surface area contributed by atoms with Crippen LogP contribution < -0.4 is 5.56 Å². The van der Waals surface area contributed by atoms with Crippen molar-refractivity contribution < 1.29 is 4.92 Å². The van der Waals surface area contributed by atoms with Gasteiger partial charge in [-0.25, -0.2) is 4.98 Å². The van der Waals surface area contributed by atoms with Crippen molar-refractivity contribution in [2.45, 2.75) is 27.3 Å². The number of aromatic nitrogens is 4. The lowest BCUT2D eigenvalue weighted by molar-refractivity contribution is -0.386. The van der Waals surface area contributed by atoms with E-state index in [-0.39, 0.29) is 17.8 Å². The van der Waals surface area contributed by atoms with Crippen molar-refractivity contribution >= 4 is 11.3 Å². The standard InChI is InChI=1S/C15H15N5O3/c1-9-5-4-6-18-13(21)7-12(16-15(9)18)8-19-11(3)14(20(22)23)10(2)17-19/h4-7H,8H2,1-3H3. The SMILES string of the molecule is Cc1nn(Cc2cc(=O)n3cccc(C)c3n2)c(C)c1[N+](=O)[O-]. The molecule has 0 aromatic carbocycles. The first-order chi connectivity index (χ1) is 10.9. The topological polar surface area (TPSA) is 95.3 Å². The molecule has 118 valence electrons. The Morgan fingerprint density at radius 3 is 2.70 bits per heavy atom. The van der Waals surface area contributed by atoms with Crippen LogP contribution in [-0.2, 0) is 6.54 Å². The first-order valence-electron chi connectivity index (χ1n) is 7.05. The Morgan fingerprint density at radius 1 is 1.30 bits per heavy atom. The molecule has 3 rings (SSSR count). The number of nitro groups is 1. The molecule has 0 atom stereocenters. The van der Waals surface area contributed by atoms with Crippen LogP contribution in [0.1, 0.15) is 22.6 Å². The van der Waals surface area contributed by atoms with Gasteiger partial charge < -0.3 is 0 Å². The van der Waals surface area contributed by atoms with Gasteiger partial charge >= 0.3 is 5.69 Å². The van der Waals surface area contributed by atoms with Crippen LogP contribution in [0.2, 0.25) is 0 Å². The molecule has 0 unspecified atom stereocenters. The van der Waals surface area contributed by atoms with Crippen LogP contribution >= 0.6 is 0 Å². The Labute approximate surface area is 131 Å². The number of hydrogen-bond acceptors (Lipinski definition) is 5. The lowest BCUT2D eigenvalue weighted by Crippen LogP contribution is -2.18. The molecule has 0 aliphatic rings. The van der Waals surface area contributed by atoms with Gasteiger partial charge in [-0.15, -0.1) is 0 Å². The Hall–Kier alpha value is -3.03. The molecule has 0 bridgehead atoms. The van der Waals surface area contributed by atoms with Crippen molar-refractivity contribution in [2.75, 3.05) is 0 Å². The number of nitrogens with zero attached hydrogens (tertiary/aromatic N) is 5. The van der Waals surface area contributed by atoms with Gasteiger partial charge in [-0.3, -0.25) is 24.0 Å². The van der Waals surface area contributed by atoms with E-state index in [1.165, 1.54) is 15.1 Å². The van der Waals surface area contributed by atoms with E-state index >= 15 is 0 Å². The molecular weight excluding hydrogens is 298 g/mol. The summed E-state index contributed by atoms with van der Waals surface area (Å²) in [6, 6.07) is 5.09. The van der Waals surface area contributed by atoms with Crippen molar-refractivity contribution in [3.63, 3.8) is 0 Å². The average Bonchev–Trinajstić information content (AvgIpc) is 2.74.